The maximum Gasteiger partial charge on any atom is 0.168 e. The van der Waals surface area contributed by atoms with Crippen molar-refractivity contribution in [3.05, 3.63) is 75.4 Å². The van der Waals surface area contributed by atoms with Crippen LogP contribution in [0.2, 0.25) is 5.02 Å². The van der Waals surface area contributed by atoms with Gasteiger partial charge in [0, 0.05) is 26.4 Å². The molecule has 2 nitrogen and oxygen atoms in total. The molecule has 108 valence electrons. The van der Waals surface area contributed by atoms with Crippen molar-refractivity contribution in [2.24, 2.45) is 0 Å². The van der Waals surface area contributed by atoms with Gasteiger partial charge in [0.1, 0.15) is 0 Å². The molecule has 0 bridgehead atoms. The number of aryl methyl sites for hydroxylation is 1. The van der Waals surface area contributed by atoms with E-state index in [2.05, 4.69) is 27.8 Å². The fourth-order valence-corrected chi connectivity index (χ4v) is 2.28. The first-order valence-electron chi connectivity index (χ1n) is 6.45. The SMILES string of the molecule is C=C(CC(=O)c1ccc(Cl)cc1)Nc1ccc(Br)c(C)c1. The number of carbonyl (C=O) groups is 1. The smallest absolute Gasteiger partial charge is 0.168 e. The summed E-state index contributed by atoms with van der Waals surface area (Å²) in [5, 5.41) is 3.78. The Morgan fingerprint density at radius 1 is 1.24 bits per heavy atom. The van der Waals surface area contributed by atoms with E-state index in [0.29, 0.717) is 16.3 Å². The average molecular weight is 365 g/mol. The highest BCUT2D eigenvalue weighted by molar-refractivity contribution is 9.10. The Labute approximate surface area is 138 Å². The number of carbonyl (C=O) groups excluding carboxylic acids is 1. The Morgan fingerprint density at radius 2 is 1.90 bits per heavy atom. The lowest BCUT2D eigenvalue weighted by atomic mass is 10.1. The van der Waals surface area contributed by atoms with Crippen molar-refractivity contribution in [2.75, 3.05) is 5.32 Å². The summed E-state index contributed by atoms with van der Waals surface area (Å²) < 4.78 is 1.05. The second-order valence-corrected chi connectivity index (χ2v) is 6.09. The maximum absolute atomic E-state index is 12.1. The molecule has 0 fully saturated rings. The van der Waals surface area contributed by atoms with E-state index in [-0.39, 0.29) is 12.2 Å². The Balaban J connectivity index is 1.99. The summed E-state index contributed by atoms with van der Waals surface area (Å²) >= 11 is 9.27. The molecular formula is C17H15BrClNO. The Kier molecular flexibility index (Phi) is 5.21. The highest BCUT2D eigenvalue weighted by Crippen LogP contribution is 2.21. The number of Topliss-reactive ketones (excluding diaryl/α,β-unsaturated/α-hetero) is 1. The van der Waals surface area contributed by atoms with Crippen LogP contribution in [0.4, 0.5) is 5.69 Å². The van der Waals surface area contributed by atoms with Gasteiger partial charge in [-0.15, -0.1) is 0 Å². The number of nitrogens with one attached hydrogen (secondary N) is 1. The number of halogens is 2. The van der Waals surface area contributed by atoms with Crippen molar-refractivity contribution in [1.29, 1.82) is 0 Å². The first-order chi connectivity index (χ1) is 9.95. The summed E-state index contributed by atoms with van der Waals surface area (Å²) in [6.45, 7) is 5.93. The zero-order valence-electron chi connectivity index (χ0n) is 11.6. The lowest BCUT2D eigenvalue weighted by Gasteiger charge is -2.10. The summed E-state index contributed by atoms with van der Waals surface area (Å²) in [7, 11) is 0. The number of ketones is 1. The highest BCUT2D eigenvalue weighted by atomic mass is 79.9. The second kappa shape index (κ2) is 6.92. The summed E-state index contributed by atoms with van der Waals surface area (Å²) in [6, 6.07) is 12.8. The lowest BCUT2D eigenvalue weighted by Crippen LogP contribution is -2.06. The van der Waals surface area contributed by atoms with Crippen molar-refractivity contribution >= 4 is 39.0 Å². The molecule has 21 heavy (non-hydrogen) atoms. The summed E-state index contributed by atoms with van der Waals surface area (Å²) in [5.74, 6) is 0.0120. The monoisotopic (exact) mass is 363 g/mol. The van der Waals surface area contributed by atoms with Crippen LogP contribution in [0, 0.1) is 6.92 Å². The third-order valence-electron chi connectivity index (χ3n) is 3.02. The average Bonchev–Trinajstić information content (AvgIpc) is 2.43. The van der Waals surface area contributed by atoms with Gasteiger partial charge in [-0.05, 0) is 55.0 Å². The number of hydrogen-bond acceptors (Lipinski definition) is 2. The minimum Gasteiger partial charge on any atom is -0.359 e. The summed E-state index contributed by atoms with van der Waals surface area (Å²) in [6.07, 6.45) is 0.247. The van der Waals surface area contributed by atoms with Crippen LogP contribution in [0.3, 0.4) is 0 Å². The van der Waals surface area contributed by atoms with Crippen LogP contribution in [0.25, 0.3) is 0 Å². The second-order valence-electron chi connectivity index (χ2n) is 4.80. The molecule has 0 saturated carbocycles. The molecular weight excluding hydrogens is 350 g/mol. The van der Waals surface area contributed by atoms with Crippen molar-refractivity contribution in [3.8, 4) is 0 Å². The third kappa shape index (κ3) is 4.45. The largest absolute Gasteiger partial charge is 0.359 e. The Hall–Kier alpha value is -1.58. The van der Waals surface area contributed by atoms with Crippen LogP contribution in [0.1, 0.15) is 22.3 Å². The van der Waals surface area contributed by atoms with E-state index in [1.165, 1.54) is 0 Å². The number of benzene rings is 2. The van der Waals surface area contributed by atoms with Crippen molar-refractivity contribution < 1.29 is 4.79 Å². The van der Waals surface area contributed by atoms with Crippen LogP contribution < -0.4 is 5.32 Å². The molecule has 0 amide bonds. The van der Waals surface area contributed by atoms with Crippen LogP contribution >= 0.6 is 27.5 Å². The molecule has 0 saturated heterocycles. The van der Waals surface area contributed by atoms with E-state index in [1.807, 2.05) is 25.1 Å². The molecule has 2 aromatic rings. The van der Waals surface area contributed by atoms with Crippen LogP contribution in [0.15, 0.2) is 59.2 Å². The van der Waals surface area contributed by atoms with Gasteiger partial charge in [0.05, 0.1) is 6.42 Å². The van der Waals surface area contributed by atoms with E-state index >= 15 is 0 Å². The topological polar surface area (TPSA) is 29.1 Å². The van der Waals surface area contributed by atoms with Gasteiger partial charge in [0.15, 0.2) is 5.78 Å². The quantitative estimate of drug-likeness (QED) is 0.699. The molecule has 0 unspecified atom stereocenters. The minimum atomic E-state index is 0.0120. The number of rotatable bonds is 5. The Morgan fingerprint density at radius 3 is 2.52 bits per heavy atom. The predicted molar refractivity (Wildman–Crippen MR) is 92.0 cm³/mol. The van der Waals surface area contributed by atoms with E-state index in [4.69, 9.17) is 11.6 Å². The zero-order valence-corrected chi connectivity index (χ0v) is 14.0. The fraction of sp³-hybridized carbons (Fsp3) is 0.118. The Bertz CT molecular complexity index is 680. The van der Waals surface area contributed by atoms with Crippen molar-refractivity contribution in [3.63, 3.8) is 0 Å². The molecule has 4 heteroatoms. The molecule has 0 radical (unpaired) electrons. The molecule has 0 aliphatic heterocycles. The van der Waals surface area contributed by atoms with Gasteiger partial charge in [0.25, 0.3) is 0 Å². The lowest BCUT2D eigenvalue weighted by molar-refractivity contribution is 0.0993. The van der Waals surface area contributed by atoms with E-state index in [1.54, 1.807) is 24.3 Å². The molecule has 0 heterocycles. The number of anilines is 1. The first kappa shape index (κ1) is 15.8. The first-order valence-corrected chi connectivity index (χ1v) is 7.62. The van der Waals surface area contributed by atoms with Crippen molar-refractivity contribution in [1.82, 2.24) is 0 Å². The molecule has 0 spiro atoms. The maximum atomic E-state index is 12.1. The molecule has 0 aliphatic carbocycles. The van der Waals surface area contributed by atoms with E-state index < -0.39 is 0 Å². The van der Waals surface area contributed by atoms with Gasteiger partial charge in [-0.25, -0.2) is 0 Å². The third-order valence-corrected chi connectivity index (χ3v) is 4.16. The van der Waals surface area contributed by atoms with E-state index in [0.717, 1.165) is 15.7 Å². The standard InChI is InChI=1S/C17H15BrClNO/c1-11-9-15(7-8-16(11)18)20-12(2)10-17(21)13-3-5-14(19)6-4-13/h3-9,20H,2,10H2,1H3. The number of allylic oxidation sites excluding steroid dienone is 1. The van der Waals surface area contributed by atoms with Crippen LogP contribution in [0.5, 0.6) is 0 Å². The minimum absolute atomic E-state index is 0.0120. The molecule has 0 aromatic heterocycles. The fourth-order valence-electron chi connectivity index (χ4n) is 1.90. The van der Waals surface area contributed by atoms with Gasteiger partial charge < -0.3 is 5.32 Å². The van der Waals surface area contributed by atoms with E-state index in [9.17, 15) is 4.79 Å². The molecule has 0 aliphatic rings. The molecule has 2 aromatic carbocycles. The van der Waals surface area contributed by atoms with Gasteiger partial charge in [-0.1, -0.05) is 34.1 Å². The number of hydrogen-bond donors (Lipinski definition) is 1. The van der Waals surface area contributed by atoms with Gasteiger partial charge in [-0.2, -0.15) is 0 Å². The molecule has 2 rings (SSSR count). The predicted octanol–water partition coefficient (Wildman–Crippen LogP) is 5.61. The van der Waals surface area contributed by atoms with Crippen molar-refractivity contribution in [2.45, 2.75) is 13.3 Å². The highest BCUT2D eigenvalue weighted by Gasteiger charge is 2.08. The van der Waals surface area contributed by atoms with Gasteiger partial charge in [-0.3, -0.25) is 4.79 Å². The summed E-state index contributed by atoms with van der Waals surface area (Å²) in [4.78, 5) is 12.1. The normalized spacial score (nSPS) is 10.2. The molecule has 0 atom stereocenters. The van der Waals surface area contributed by atoms with Crippen LogP contribution in [-0.2, 0) is 0 Å². The van der Waals surface area contributed by atoms with Crippen LogP contribution in [-0.4, -0.2) is 5.78 Å². The molecule has 1 N–H and O–H groups in total. The zero-order chi connectivity index (χ0) is 15.4. The summed E-state index contributed by atoms with van der Waals surface area (Å²) in [5.41, 5.74) is 3.34. The van der Waals surface area contributed by atoms with Gasteiger partial charge >= 0.3 is 0 Å². The van der Waals surface area contributed by atoms with Gasteiger partial charge in [0.2, 0.25) is 0 Å².